The van der Waals surface area contributed by atoms with E-state index in [1.165, 1.54) is 11.0 Å². The van der Waals surface area contributed by atoms with Gasteiger partial charge >= 0.3 is 0 Å². The molecule has 0 aliphatic carbocycles. The van der Waals surface area contributed by atoms with Gasteiger partial charge in [-0.25, -0.2) is 4.39 Å². The number of rotatable bonds is 5. The molecule has 2 atom stereocenters. The topological polar surface area (TPSA) is 74.7 Å². The van der Waals surface area contributed by atoms with E-state index in [1.807, 2.05) is 6.92 Å². The lowest BCUT2D eigenvalue weighted by molar-refractivity contribution is -0.143. The zero-order valence-corrected chi connectivity index (χ0v) is 15.1. The first kappa shape index (κ1) is 18.4. The van der Waals surface area contributed by atoms with Gasteiger partial charge in [0.1, 0.15) is 23.7 Å². The van der Waals surface area contributed by atoms with Gasteiger partial charge in [0, 0.05) is 19.2 Å². The van der Waals surface area contributed by atoms with E-state index in [-0.39, 0.29) is 24.0 Å². The number of fused-ring (bicyclic) bond motifs is 1. The lowest BCUT2D eigenvalue weighted by atomic mass is 9.73. The van der Waals surface area contributed by atoms with Crippen molar-refractivity contribution in [3.8, 4) is 5.75 Å². The summed E-state index contributed by atoms with van der Waals surface area (Å²) in [4.78, 5) is 14.0. The first-order chi connectivity index (χ1) is 12.4. The maximum absolute atomic E-state index is 14.8. The summed E-state index contributed by atoms with van der Waals surface area (Å²) >= 11 is 0. The van der Waals surface area contributed by atoms with Gasteiger partial charge in [0.25, 0.3) is 0 Å². The van der Waals surface area contributed by atoms with E-state index in [1.54, 1.807) is 19.2 Å². The number of benzene rings is 1. The summed E-state index contributed by atoms with van der Waals surface area (Å²) in [6.07, 6.45) is 1.26. The van der Waals surface area contributed by atoms with Crippen LogP contribution in [-0.2, 0) is 15.1 Å². The number of carbonyl (C=O) groups is 1. The molecule has 2 heterocycles. The van der Waals surface area contributed by atoms with E-state index in [2.05, 4.69) is 11.9 Å². The molecule has 2 saturated heterocycles. The molecule has 1 aromatic carbocycles. The summed E-state index contributed by atoms with van der Waals surface area (Å²) in [7, 11) is 1.54. The van der Waals surface area contributed by atoms with E-state index >= 15 is 0 Å². The van der Waals surface area contributed by atoms with Gasteiger partial charge in [0.15, 0.2) is 5.96 Å². The number of carbonyl (C=O) groups excluding carboxylic acids is 1. The molecule has 2 aliphatic rings. The molecular weight excluding hydrogens is 337 g/mol. The van der Waals surface area contributed by atoms with Crippen molar-refractivity contribution < 1.29 is 18.7 Å². The molecule has 2 fully saturated rings. The molecule has 6 nitrogen and oxygen atoms in total. The Labute approximate surface area is 152 Å². The van der Waals surface area contributed by atoms with Crippen LogP contribution in [0.25, 0.3) is 0 Å². The van der Waals surface area contributed by atoms with Gasteiger partial charge in [-0.05, 0) is 36.6 Å². The third-order valence-corrected chi connectivity index (χ3v) is 5.14. The molecule has 2 aliphatic heterocycles. The van der Waals surface area contributed by atoms with Gasteiger partial charge in [-0.2, -0.15) is 0 Å². The molecule has 26 heavy (non-hydrogen) atoms. The molecule has 1 amide bonds. The van der Waals surface area contributed by atoms with Crippen molar-refractivity contribution in [3.05, 3.63) is 41.7 Å². The molecule has 7 heteroatoms. The lowest BCUT2D eigenvalue weighted by Gasteiger charge is -2.49. The van der Waals surface area contributed by atoms with Crippen LogP contribution < -0.4 is 10.1 Å². The summed E-state index contributed by atoms with van der Waals surface area (Å²) in [5, 5.41) is 11.1. The number of ether oxygens (including phenoxy) is 2. The van der Waals surface area contributed by atoms with Gasteiger partial charge < -0.3 is 14.8 Å². The zero-order chi connectivity index (χ0) is 18.9. The van der Waals surface area contributed by atoms with Crippen LogP contribution in [0.5, 0.6) is 5.75 Å². The highest BCUT2D eigenvalue weighted by molar-refractivity contribution is 6.00. The Hall–Kier alpha value is -2.41. The van der Waals surface area contributed by atoms with Crippen LogP contribution >= 0.6 is 0 Å². The standard InChI is InChI=1S/C19H24FN3O3/c1-4-12(2)10-26-13-5-6-16(20)15(9-13)19-11-25-8-7-14(19)17(24)23(3)18(21)22-19/h5-6,9,14H,2,4,7-8,10-11H2,1,3H3,(H2,21,22). The maximum Gasteiger partial charge on any atom is 0.235 e. The van der Waals surface area contributed by atoms with E-state index in [0.29, 0.717) is 25.4 Å². The third kappa shape index (κ3) is 3.07. The quantitative estimate of drug-likeness (QED) is 0.790. The maximum atomic E-state index is 14.8. The normalized spacial score (nSPS) is 25.5. The fraction of sp³-hybridized carbons (Fsp3) is 0.474. The van der Waals surface area contributed by atoms with Crippen molar-refractivity contribution in [1.82, 2.24) is 10.2 Å². The van der Waals surface area contributed by atoms with Crippen molar-refractivity contribution in [2.24, 2.45) is 5.92 Å². The highest BCUT2D eigenvalue weighted by atomic mass is 19.1. The average molecular weight is 361 g/mol. The average Bonchev–Trinajstić information content (AvgIpc) is 2.65. The molecule has 0 saturated carbocycles. The molecule has 2 N–H and O–H groups in total. The Balaban J connectivity index is 2.00. The molecular formula is C19H24FN3O3. The molecule has 2 unspecified atom stereocenters. The van der Waals surface area contributed by atoms with Crippen LogP contribution in [0.1, 0.15) is 25.3 Å². The predicted octanol–water partition coefficient (Wildman–Crippen LogP) is 2.40. The van der Waals surface area contributed by atoms with Crippen LogP contribution in [0.15, 0.2) is 30.4 Å². The van der Waals surface area contributed by atoms with E-state index in [4.69, 9.17) is 14.9 Å². The third-order valence-electron chi connectivity index (χ3n) is 5.14. The molecule has 1 aromatic rings. The fourth-order valence-electron chi connectivity index (χ4n) is 3.43. The number of halogens is 1. The molecule has 140 valence electrons. The molecule has 0 bridgehead atoms. The Bertz CT molecular complexity index is 752. The second-order valence-corrected chi connectivity index (χ2v) is 6.77. The number of hydrogen-bond donors (Lipinski definition) is 2. The van der Waals surface area contributed by atoms with Gasteiger partial charge in [-0.3, -0.25) is 15.1 Å². The van der Waals surface area contributed by atoms with Crippen molar-refractivity contribution in [2.75, 3.05) is 26.9 Å². The van der Waals surface area contributed by atoms with Crippen LogP contribution in [0, 0.1) is 17.1 Å². The van der Waals surface area contributed by atoms with E-state index < -0.39 is 17.3 Å². The minimum absolute atomic E-state index is 0.0677. The first-order valence-corrected chi connectivity index (χ1v) is 8.70. The van der Waals surface area contributed by atoms with Crippen LogP contribution in [0.2, 0.25) is 0 Å². The minimum atomic E-state index is -1.11. The van der Waals surface area contributed by atoms with Gasteiger partial charge in [0.05, 0.1) is 12.5 Å². The van der Waals surface area contributed by atoms with E-state index in [9.17, 15) is 9.18 Å². The molecule has 0 radical (unpaired) electrons. The Kier molecular flexibility index (Phi) is 5.00. The summed E-state index contributed by atoms with van der Waals surface area (Å²) < 4.78 is 26.1. The van der Waals surface area contributed by atoms with Crippen molar-refractivity contribution in [3.63, 3.8) is 0 Å². The van der Waals surface area contributed by atoms with Crippen molar-refractivity contribution in [2.45, 2.75) is 25.3 Å². The largest absolute Gasteiger partial charge is 0.489 e. The lowest BCUT2D eigenvalue weighted by Crippen LogP contribution is -2.68. The van der Waals surface area contributed by atoms with Crippen LogP contribution in [0.3, 0.4) is 0 Å². The summed E-state index contributed by atoms with van der Waals surface area (Å²) in [6, 6.07) is 4.48. The summed E-state index contributed by atoms with van der Waals surface area (Å²) in [5.41, 5.74) is 0.111. The molecule has 3 rings (SSSR count). The van der Waals surface area contributed by atoms with Gasteiger partial charge in [0.2, 0.25) is 5.91 Å². The zero-order valence-electron chi connectivity index (χ0n) is 15.1. The number of hydrogen-bond acceptors (Lipinski definition) is 4. The Morgan fingerprint density at radius 1 is 1.58 bits per heavy atom. The summed E-state index contributed by atoms with van der Waals surface area (Å²) in [5.74, 6) is -0.746. The smallest absolute Gasteiger partial charge is 0.235 e. The van der Waals surface area contributed by atoms with E-state index in [0.717, 1.165) is 12.0 Å². The SMILES string of the molecule is C=C(CC)COc1ccc(F)c(C23COCCC2C(=O)N(C)C(=N)N3)c1. The van der Waals surface area contributed by atoms with Crippen LogP contribution in [0.4, 0.5) is 4.39 Å². The second-order valence-electron chi connectivity index (χ2n) is 6.77. The monoisotopic (exact) mass is 361 g/mol. The van der Waals surface area contributed by atoms with Gasteiger partial charge in [-0.1, -0.05) is 13.5 Å². The molecule has 0 spiro atoms. The second kappa shape index (κ2) is 7.07. The highest BCUT2D eigenvalue weighted by Gasteiger charge is 2.53. The number of guanidine groups is 1. The molecule has 0 aromatic heterocycles. The Morgan fingerprint density at radius 3 is 3.08 bits per heavy atom. The first-order valence-electron chi connectivity index (χ1n) is 8.70. The number of nitrogens with one attached hydrogen (secondary N) is 2. The number of nitrogens with zero attached hydrogens (tertiary/aromatic N) is 1. The van der Waals surface area contributed by atoms with Crippen molar-refractivity contribution in [1.29, 1.82) is 5.41 Å². The van der Waals surface area contributed by atoms with Crippen molar-refractivity contribution >= 4 is 11.9 Å². The predicted molar refractivity (Wildman–Crippen MR) is 95.6 cm³/mol. The number of amides is 1. The summed E-state index contributed by atoms with van der Waals surface area (Å²) in [6.45, 7) is 6.78. The minimum Gasteiger partial charge on any atom is -0.489 e. The fourth-order valence-corrected chi connectivity index (χ4v) is 3.43. The van der Waals surface area contributed by atoms with Crippen LogP contribution in [-0.4, -0.2) is 43.6 Å². The van der Waals surface area contributed by atoms with Gasteiger partial charge in [-0.15, -0.1) is 0 Å². The highest BCUT2D eigenvalue weighted by Crippen LogP contribution is 2.41. The Morgan fingerprint density at radius 2 is 2.35 bits per heavy atom.